The summed E-state index contributed by atoms with van der Waals surface area (Å²) in [6.07, 6.45) is 19.0. The molecule has 0 unspecified atom stereocenters. The SMILES string of the molecule is CCCCCCCCCCCCCCCCOC(C)=O.CNC. The van der Waals surface area contributed by atoms with E-state index < -0.39 is 0 Å². The molecule has 0 aliphatic heterocycles. The van der Waals surface area contributed by atoms with E-state index in [9.17, 15) is 4.79 Å². The van der Waals surface area contributed by atoms with Gasteiger partial charge in [0.1, 0.15) is 0 Å². The molecule has 0 aliphatic carbocycles. The van der Waals surface area contributed by atoms with Gasteiger partial charge in [-0.15, -0.1) is 0 Å². The average molecular weight is 330 g/mol. The topological polar surface area (TPSA) is 38.3 Å². The molecule has 0 atom stereocenters. The summed E-state index contributed by atoms with van der Waals surface area (Å²) in [5, 5.41) is 2.75. The second-order valence-electron chi connectivity index (χ2n) is 6.44. The van der Waals surface area contributed by atoms with Crippen LogP contribution in [0.4, 0.5) is 0 Å². The quantitative estimate of drug-likeness (QED) is 0.302. The highest BCUT2D eigenvalue weighted by molar-refractivity contribution is 5.65. The van der Waals surface area contributed by atoms with E-state index >= 15 is 0 Å². The average Bonchev–Trinajstić information content (AvgIpc) is 2.51. The van der Waals surface area contributed by atoms with Gasteiger partial charge >= 0.3 is 5.97 Å². The summed E-state index contributed by atoms with van der Waals surface area (Å²) in [7, 11) is 3.75. The highest BCUT2D eigenvalue weighted by Crippen LogP contribution is 2.12. The number of nitrogens with one attached hydrogen (secondary N) is 1. The summed E-state index contributed by atoms with van der Waals surface area (Å²) in [6.45, 7) is 4.35. The number of carbonyl (C=O) groups excluding carboxylic acids is 1. The number of unbranched alkanes of at least 4 members (excludes halogenated alkanes) is 13. The number of hydrogen-bond acceptors (Lipinski definition) is 3. The zero-order chi connectivity index (χ0) is 17.6. The fourth-order valence-corrected chi connectivity index (χ4v) is 2.51. The zero-order valence-electron chi connectivity index (χ0n) is 16.4. The second-order valence-corrected chi connectivity index (χ2v) is 6.44. The lowest BCUT2D eigenvalue weighted by Crippen LogP contribution is -2.00. The lowest BCUT2D eigenvalue weighted by Gasteiger charge is -2.03. The highest BCUT2D eigenvalue weighted by atomic mass is 16.5. The van der Waals surface area contributed by atoms with Crippen molar-refractivity contribution in [2.24, 2.45) is 0 Å². The third-order valence-corrected chi connectivity index (χ3v) is 3.80. The van der Waals surface area contributed by atoms with Gasteiger partial charge in [0, 0.05) is 6.92 Å². The summed E-state index contributed by atoms with van der Waals surface area (Å²) in [5.74, 6) is -0.153. The van der Waals surface area contributed by atoms with Crippen LogP contribution >= 0.6 is 0 Å². The van der Waals surface area contributed by atoms with E-state index in [0.29, 0.717) is 6.61 Å². The van der Waals surface area contributed by atoms with Crippen LogP contribution < -0.4 is 5.32 Å². The Morgan fingerprint density at radius 1 is 0.696 bits per heavy atom. The minimum Gasteiger partial charge on any atom is -0.466 e. The lowest BCUT2D eigenvalue weighted by molar-refractivity contribution is -0.141. The third-order valence-electron chi connectivity index (χ3n) is 3.80. The van der Waals surface area contributed by atoms with Gasteiger partial charge in [0.05, 0.1) is 6.61 Å². The van der Waals surface area contributed by atoms with Gasteiger partial charge in [-0.2, -0.15) is 0 Å². The number of rotatable bonds is 15. The molecule has 0 heterocycles. The maximum atomic E-state index is 10.6. The third kappa shape index (κ3) is 30.0. The lowest BCUT2D eigenvalue weighted by atomic mass is 10.0. The molecular weight excluding hydrogens is 286 g/mol. The second kappa shape index (κ2) is 23.7. The van der Waals surface area contributed by atoms with Crippen molar-refractivity contribution in [1.29, 1.82) is 0 Å². The predicted octanol–water partition coefficient (Wildman–Crippen LogP) is 5.87. The number of ether oxygens (including phenoxy) is 1. The van der Waals surface area contributed by atoms with Gasteiger partial charge in [-0.3, -0.25) is 4.79 Å². The number of esters is 1. The van der Waals surface area contributed by atoms with Crippen LogP contribution in [0.3, 0.4) is 0 Å². The smallest absolute Gasteiger partial charge is 0.302 e. The first-order chi connectivity index (χ1) is 11.2. The molecule has 3 heteroatoms. The Hall–Kier alpha value is -0.570. The van der Waals surface area contributed by atoms with Crippen LogP contribution in [-0.4, -0.2) is 26.7 Å². The minimum atomic E-state index is -0.153. The summed E-state index contributed by atoms with van der Waals surface area (Å²) < 4.78 is 4.91. The van der Waals surface area contributed by atoms with Crippen LogP contribution in [0.2, 0.25) is 0 Å². The van der Waals surface area contributed by atoms with Crippen molar-refractivity contribution in [2.75, 3.05) is 20.7 Å². The van der Waals surface area contributed by atoms with Gasteiger partial charge in [0.2, 0.25) is 0 Å². The van der Waals surface area contributed by atoms with Gasteiger partial charge < -0.3 is 10.1 Å². The Kier molecular flexibility index (Phi) is 25.4. The fourth-order valence-electron chi connectivity index (χ4n) is 2.51. The largest absolute Gasteiger partial charge is 0.466 e. The molecule has 1 N–H and O–H groups in total. The van der Waals surface area contributed by atoms with E-state index in [1.54, 1.807) is 0 Å². The molecule has 0 amide bonds. The monoisotopic (exact) mass is 329 g/mol. The molecule has 23 heavy (non-hydrogen) atoms. The molecular formula is C20H43NO2. The maximum Gasteiger partial charge on any atom is 0.302 e. The Labute approximate surface area is 146 Å². The van der Waals surface area contributed by atoms with Crippen LogP contribution in [0, 0.1) is 0 Å². The molecule has 0 aliphatic rings. The van der Waals surface area contributed by atoms with Crippen LogP contribution in [0.5, 0.6) is 0 Å². The van der Waals surface area contributed by atoms with E-state index in [-0.39, 0.29) is 5.97 Å². The first-order valence-electron chi connectivity index (χ1n) is 9.90. The zero-order valence-corrected chi connectivity index (χ0v) is 16.4. The molecule has 0 radical (unpaired) electrons. The maximum absolute atomic E-state index is 10.6. The van der Waals surface area contributed by atoms with E-state index in [4.69, 9.17) is 4.74 Å². The van der Waals surface area contributed by atoms with Crippen molar-refractivity contribution < 1.29 is 9.53 Å². The van der Waals surface area contributed by atoms with Crippen LogP contribution in [-0.2, 0) is 9.53 Å². The normalized spacial score (nSPS) is 10.1. The van der Waals surface area contributed by atoms with E-state index in [1.165, 1.54) is 90.4 Å². The molecule has 0 spiro atoms. The molecule has 0 aromatic heterocycles. The van der Waals surface area contributed by atoms with Crippen molar-refractivity contribution in [2.45, 2.75) is 104 Å². The summed E-state index contributed by atoms with van der Waals surface area (Å²) >= 11 is 0. The highest BCUT2D eigenvalue weighted by Gasteiger charge is 1.95. The molecule has 0 aromatic carbocycles. The Bertz CT molecular complexity index is 220. The van der Waals surface area contributed by atoms with Crippen molar-refractivity contribution in [3.05, 3.63) is 0 Å². The van der Waals surface area contributed by atoms with Crippen molar-refractivity contribution in [1.82, 2.24) is 5.32 Å². The molecule has 0 fully saturated rings. The molecule has 0 bridgehead atoms. The number of hydrogen-bond donors (Lipinski definition) is 1. The summed E-state index contributed by atoms with van der Waals surface area (Å²) in [4.78, 5) is 10.6. The molecule has 140 valence electrons. The van der Waals surface area contributed by atoms with Crippen molar-refractivity contribution >= 4 is 5.97 Å². The van der Waals surface area contributed by atoms with Crippen LogP contribution in [0.15, 0.2) is 0 Å². The van der Waals surface area contributed by atoms with E-state index in [1.807, 2.05) is 14.1 Å². The minimum absolute atomic E-state index is 0.153. The molecule has 0 rings (SSSR count). The molecule has 3 nitrogen and oxygen atoms in total. The molecule has 0 saturated carbocycles. The van der Waals surface area contributed by atoms with Crippen LogP contribution in [0.1, 0.15) is 104 Å². The standard InChI is InChI=1S/C18H36O2.C2H7N/c1-3-4-5-6-7-8-9-10-11-12-13-14-15-16-17-20-18(2)19;1-3-2/h3-17H2,1-2H3;3H,1-2H3. The van der Waals surface area contributed by atoms with Gasteiger partial charge in [0.25, 0.3) is 0 Å². The fraction of sp³-hybridized carbons (Fsp3) is 0.950. The summed E-state index contributed by atoms with van der Waals surface area (Å²) in [5.41, 5.74) is 0. The van der Waals surface area contributed by atoms with Gasteiger partial charge in [-0.25, -0.2) is 0 Å². The van der Waals surface area contributed by atoms with Crippen molar-refractivity contribution in [3.63, 3.8) is 0 Å². The van der Waals surface area contributed by atoms with Gasteiger partial charge in [-0.05, 0) is 20.5 Å². The Balaban J connectivity index is 0. The first-order valence-corrected chi connectivity index (χ1v) is 9.90. The van der Waals surface area contributed by atoms with E-state index in [2.05, 4.69) is 12.2 Å². The van der Waals surface area contributed by atoms with E-state index in [0.717, 1.165) is 6.42 Å². The summed E-state index contributed by atoms with van der Waals surface area (Å²) in [6, 6.07) is 0. The first kappa shape index (κ1) is 24.7. The van der Waals surface area contributed by atoms with Gasteiger partial charge in [-0.1, -0.05) is 90.4 Å². The number of carbonyl (C=O) groups is 1. The molecule has 0 aromatic rings. The predicted molar refractivity (Wildman–Crippen MR) is 102 cm³/mol. The van der Waals surface area contributed by atoms with Crippen molar-refractivity contribution in [3.8, 4) is 0 Å². The molecule has 0 saturated heterocycles. The van der Waals surface area contributed by atoms with Gasteiger partial charge in [0.15, 0.2) is 0 Å². The Morgan fingerprint density at radius 3 is 1.30 bits per heavy atom. The Morgan fingerprint density at radius 2 is 1.00 bits per heavy atom. The van der Waals surface area contributed by atoms with Crippen LogP contribution in [0.25, 0.3) is 0 Å².